The molecule has 0 aromatic rings. The SMILES string of the molecule is CCCC[O-].CCCC[O-].[Li+].[Li+]. The third-order valence-corrected chi connectivity index (χ3v) is 0.996. The summed E-state index contributed by atoms with van der Waals surface area (Å²) in [6.07, 6.45) is 3.73. The maximum atomic E-state index is 9.53. The molecule has 0 heterocycles. The van der Waals surface area contributed by atoms with Crippen molar-refractivity contribution in [2.75, 3.05) is 13.2 Å². The molecule has 64 valence electrons. The molecule has 0 aromatic heterocycles. The molecule has 12 heavy (non-hydrogen) atoms. The van der Waals surface area contributed by atoms with E-state index < -0.39 is 0 Å². The summed E-state index contributed by atoms with van der Waals surface area (Å²) in [7, 11) is 0. The van der Waals surface area contributed by atoms with E-state index in [1.165, 1.54) is 0 Å². The van der Waals surface area contributed by atoms with Crippen LogP contribution in [0.5, 0.6) is 0 Å². The van der Waals surface area contributed by atoms with Crippen LogP contribution >= 0.6 is 0 Å². The van der Waals surface area contributed by atoms with Gasteiger partial charge in [0.2, 0.25) is 0 Å². The Morgan fingerprint density at radius 2 is 1.00 bits per heavy atom. The molecule has 0 radical (unpaired) electrons. The van der Waals surface area contributed by atoms with Crippen LogP contribution in [-0.4, -0.2) is 13.2 Å². The monoisotopic (exact) mass is 160 g/mol. The Kier molecular flexibility index (Phi) is 57.1. The molecular weight excluding hydrogens is 142 g/mol. The molecule has 0 saturated carbocycles. The van der Waals surface area contributed by atoms with Crippen LogP contribution in [-0.2, 0) is 0 Å². The van der Waals surface area contributed by atoms with Crippen LogP contribution in [0.15, 0.2) is 0 Å². The molecule has 0 spiro atoms. The molecule has 0 aliphatic rings. The molecule has 4 heteroatoms. The van der Waals surface area contributed by atoms with Crippen molar-refractivity contribution >= 4 is 0 Å². The van der Waals surface area contributed by atoms with E-state index in [1.54, 1.807) is 0 Å². The van der Waals surface area contributed by atoms with E-state index in [9.17, 15) is 10.2 Å². The minimum Gasteiger partial charge on any atom is -0.854 e. The van der Waals surface area contributed by atoms with Gasteiger partial charge in [0.1, 0.15) is 0 Å². The first-order valence-corrected chi connectivity index (χ1v) is 3.99. The summed E-state index contributed by atoms with van der Waals surface area (Å²) in [6, 6.07) is 0. The zero-order chi connectivity index (χ0) is 8.24. The van der Waals surface area contributed by atoms with Gasteiger partial charge < -0.3 is 10.2 Å². The van der Waals surface area contributed by atoms with Crippen molar-refractivity contribution in [2.45, 2.75) is 39.5 Å². The van der Waals surface area contributed by atoms with Crippen molar-refractivity contribution in [3.05, 3.63) is 0 Å². The van der Waals surface area contributed by atoms with Crippen LogP contribution in [0.1, 0.15) is 39.5 Å². The summed E-state index contributed by atoms with van der Waals surface area (Å²) in [4.78, 5) is 0. The van der Waals surface area contributed by atoms with E-state index in [0.29, 0.717) is 0 Å². The quantitative estimate of drug-likeness (QED) is 0.385. The molecule has 0 saturated heterocycles. The molecular formula is C8H18Li2O2. The van der Waals surface area contributed by atoms with Crippen molar-refractivity contribution in [2.24, 2.45) is 0 Å². The van der Waals surface area contributed by atoms with Crippen molar-refractivity contribution in [3.63, 3.8) is 0 Å². The molecule has 0 bridgehead atoms. The van der Waals surface area contributed by atoms with Crippen LogP contribution in [0.3, 0.4) is 0 Å². The van der Waals surface area contributed by atoms with Crippen molar-refractivity contribution in [3.8, 4) is 0 Å². The van der Waals surface area contributed by atoms with Gasteiger partial charge in [-0.25, -0.2) is 0 Å². The molecule has 0 N–H and O–H groups in total. The van der Waals surface area contributed by atoms with E-state index in [4.69, 9.17) is 0 Å². The standard InChI is InChI=1S/2C4H9O.2Li/c2*1-2-3-4-5;;/h2*2-4H2,1H3;;/q2*-1;2*+1. The minimum atomic E-state index is 0. The average molecular weight is 160 g/mol. The number of hydrogen-bond acceptors (Lipinski definition) is 2. The summed E-state index contributed by atoms with van der Waals surface area (Å²) < 4.78 is 0. The maximum absolute atomic E-state index is 9.53. The van der Waals surface area contributed by atoms with Gasteiger partial charge in [-0.3, -0.25) is 0 Å². The first-order chi connectivity index (χ1) is 4.83. The van der Waals surface area contributed by atoms with Gasteiger partial charge in [0.15, 0.2) is 0 Å². The third-order valence-electron chi connectivity index (χ3n) is 0.996. The first kappa shape index (κ1) is 23.2. The maximum Gasteiger partial charge on any atom is 1.00 e. The summed E-state index contributed by atoms with van der Waals surface area (Å²) >= 11 is 0. The largest absolute Gasteiger partial charge is 1.00 e. The van der Waals surface area contributed by atoms with E-state index >= 15 is 0 Å². The second kappa shape index (κ2) is 29.6. The number of hydrogen-bond donors (Lipinski definition) is 0. The summed E-state index contributed by atoms with van der Waals surface area (Å²) in [5.74, 6) is 0. The fourth-order valence-corrected chi connectivity index (χ4v) is 0.289. The molecule has 0 unspecified atom stereocenters. The zero-order valence-corrected chi connectivity index (χ0v) is 9.06. The molecule has 0 atom stereocenters. The smallest absolute Gasteiger partial charge is 0.854 e. The molecule has 0 fully saturated rings. The Morgan fingerprint density at radius 1 is 0.750 bits per heavy atom. The van der Waals surface area contributed by atoms with Gasteiger partial charge in [0.05, 0.1) is 0 Å². The molecule has 2 nitrogen and oxygen atoms in total. The fourth-order valence-electron chi connectivity index (χ4n) is 0.289. The van der Waals surface area contributed by atoms with Gasteiger partial charge in [-0.2, -0.15) is 0 Å². The van der Waals surface area contributed by atoms with Crippen molar-refractivity contribution in [1.29, 1.82) is 0 Å². The topological polar surface area (TPSA) is 46.1 Å². The molecule has 0 amide bonds. The van der Waals surface area contributed by atoms with Gasteiger partial charge in [-0.15, -0.1) is 13.2 Å². The van der Waals surface area contributed by atoms with E-state index in [0.717, 1.165) is 25.7 Å². The van der Waals surface area contributed by atoms with Crippen molar-refractivity contribution < 1.29 is 47.9 Å². The van der Waals surface area contributed by atoms with Crippen LogP contribution < -0.4 is 47.9 Å². The Morgan fingerprint density at radius 3 is 1.00 bits per heavy atom. The summed E-state index contributed by atoms with van der Waals surface area (Å²) in [5.41, 5.74) is 0. The van der Waals surface area contributed by atoms with Crippen molar-refractivity contribution in [1.82, 2.24) is 0 Å². The van der Waals surface area contributed by atoms with Gasteiger partial charge in [-0.05, 0) is 0 Å². The zero-order valence-electron chi connectivity index (χ0n) is 9.06. The van der Waals surface area contributed by atoms with Crippen LogP contribution in [0, 0.1) is 0 Å². The minimum absolute atomic E-state index is 0. The summed E-state index contributed by atoms with van der Waals surface area (Å²) in [5, 5.41) is 19.1. The Bertz CT molecular complexity index is 36.0. The van der Waals surface area contributed by atoms with E-state index in [1.807, 2.05) is 13.8 Å². The number of rotatable bonds is 4. The third kappa shape index (κ3) is 43.5. The fraction of sp³-hybridized carbons (Fsp3) is 1.00. The molecule has 0 aromatic carbocycles. The predicted molar refractivity (Wildman–Crippen MR) is 39.6 cm³/mol. The van der Waals surface area contributed by atoms with Gasteiger partial charge in [0.25, 0.3) is 0 Å². The Balaban J connectivity index is -0.0000000457. The van der Waals surface area contributed by atoms with Crippen LogP contribution in [0.2, 0.25) is 0 Å². The molecule has 0 aliphatic heterocycles. The van der Waals surface area contributed by atoms with Crippen LogP contribution in [0.25, 0.3) is 0 Å². The molecule has 0 rings (SSSR count). The average Bonchev–Trinajstić information content (AvgIpc) is 1.93. The summed E-state index contributed by atoms with van der Waals surface area (Å²) in [6.45, 7) is 4.21. The van der Waals surface area contributed by atoms with Crippen LogP contribution in [0.4, 0.5) is 0 Å². The van der Waals surface area contributed by atoms with Gasteiger partial charge in [0, 0.05) is 0 Å². The second-order valence-corrected chi connectivity index (χ2v) is 2.12. The normalized spacial score (nSPS) is 7.00. The van der Waals surface area contributed by atoms with E-state index in [2.05, 4.69) is 0 Å². The first-order valence-electron chi connectivity index (χ1n) is 3.99. The van der Waals surface area contributed by atoms with Gasteiger partial charge in [-0.1, -0.05) is 39.5 Å². The Hall–Kier alpha value is 1.11. The molecule has 0 aliphatic carbocycles. The number of unbranched alkanes of at least 4 members (excludes halogenated alkanes) is 2. The second-order valence-electron chi connectivity index (χ2n) is 2.12. The van der Waals surface area contributed by atoms with Gasteiger partial charge >= 0.3 is 37.7 Å². The Labute approximate surface area is 100 Å². The predicted octanol–water partition coefficient (Wildman–Crippen LogP) is -5.70. The van der Waals surface area contributed by atoms with E-state index in [-0.39, 0.29) is 50.9 Å².